The number of hydrogen-bond acceptors (Lipinski definition) is 3. The van der Waals surface area contributed by atoms with E-state index in [1.807, 2.05) is 0 Å². The average Bonchev–Trinajstić information content (AvgIpc) is 2.65. The Morgan fingerprint density at radius 3 is 2.37 bits per heavy atom. The van der Waals surface area contributed by atoms with E-state index in [0.717, 1.165) is 51.6 Å². The molecule has 1 heterocycles. The van der Waals surface area contributed by atoms with Gasteiger partial charge in [0.15, 0.2) is 5.96 Å². The maximum atomic E-state index is 5.63. The molecule has 1 aliphatic heterocycles. The summed E-state index contributed by atoms with van der Waals surface area (Å²) in [5.41, 5.74) is 1.29. The number of aliphatic imine (C=N–C) groups is 1. The van der Waals surface area contributed by atoms with Crippen LogP contribution >= 0.6 is 24.0 Å². The molecule has 0 spiro atoms. The quantitative estimate of drug-likeness (QED) is 0.297. The van der Waals surface area contributed by atoms with Crippen LogP contribution in [0.15, 0.2) is 35.3 Å². The lowest BCUT2D eigenvalue weighted by Crippen LogP contribution is -2.53. The zero-order valence-electron chi connectivity index (χ0n) is 17.3. The second-order valence-electron chi connectivity index (χ2n) is 7.64. The Labute approximate surface area is 182 Å². The average molecular weight is 488 g/mol. The fourth-order valence-electron chi connectivity index (χ4n) is 3.27. The van der Waals surface area contributed by atoms with Crippen LogP contribution in [0.3, 0.4) is 0 Å². The summed E-state index contributed by atoms with van der Waals surface area (Å²) in [7, 11) is 0. The minimum absolute atomic E-state index is 0. The van der Waals surface area contributed by atoms with Crippen molar-refractivity contribution in [1.29, 1.82) is 0 Å². The lowest BCUT2D eigenvalue weighted by Gasteiger charge is -2.39. The van der Waals surface area contributed by atoms with Gasteiger partial charge in [0.05, 0.1) is 6.54 Å². The minimum Gasteiger partial charge on any atom is -0.381 e. The minimum atomic E-state index is -0.0201. The highest BCUT2D eigenvalue weighted by atomic mass is 127. The molecule has 0 saturated carbocycles. The monoisotopic (exact) mass is 488 g/mol. The van der Waals surface area contributed by atoms with E-state index < -0.39 is 0 Å². The van der Waals surface area contributed by atoms with Crippen LogP contribution in [-0.4, -0.2) is 44.3 Å². The maximum absolute atomic E-state index is 5.63. The first kappa shape index (κ1) is 24.2. The molecule has 3 N–H and O–H groups in total. The maximum Gasteiger partial charge on any atom is 0.191 e. The predicted octanol–water partition coefficient (Wildman–Crippen LogP) is 3.72. The third-order valence-corrected chi connectivity index (χ3v) is 4.83. The molecule has 1 atom stereocenters. The van der Waals surface area contributed by atoms with Crippen LogP contribution in [0.25, 0.3) is 0 Å². The number of ether oxygens (including phenoxy) is 1. The van der Waals surface area contributed by atoms with E-state index in [2.05, 4.69) is 74.0 Å². The number of nitrogens with zero attached hydrogens (tertiary/aromatic N) is 1. The van der Waals surface area contributed by atoms with Crippen molar-refractivity contribution in [2.24, 2.45) is 10.9 Å². The molecule has 2 rings (SSSR count). The second-order valence-corrected chi connectivity index (χ2v) is 7.64. The SMILES string of the molecule is CCNC(=NCC1(NC(C)c2ccccc2)CCOCC1)NCC(C)C.I. The molecule has 1 saturated heterocycles. The van der Waals surface area contributed by atoms with Gasteiger partial charge in [0, 0.05) is 37.9 Å². The Morgan fingerprint density at radius 2 is 1.78 bits per heavy atom. The zero-order valence-corrected chi connectivity index (χ0v) is 19.6. The smallest absolute Gasteiger partial charge is 0.191 e. The van der Waals surface area contributed by atoms with Crippen molar-refractivity contribution in [3.05, 3.63) is 35.9 Å². The first-order valence-electron chi connectivity index (χ1n) is 9.97. The fraction of sp³-hybridized carbons (Fsp3) is 0.667. The highest BCUT2D eigenvalue weighted by Gasteiger charge is 2.34. The topological polar surface area (TPSA) is 57.7 Å². The van der Waals surface area contributed by atoms with Crippen molar-refractivity contribution in [3.63, 3.8) is 0 Å². The summed E-state index contributed by atoms with van der Waals surface area (Å²) in [6.45, 7) is 12.9. The van der Waals surface area contributed by atoms with Gasteiger partial charge in [-0.3, -0.25) is 4.99 Å². The van der Waals surface area contributed by atoms with Crippen LogP contribution < -0.4 is 16.0 Å². The molecule has 1 aliphatic rings. The largest absolute Gasteiger partial charge is 0.381 e. The van der Waals surface area contributed by atoms with E-state index in [0.29, 0.717) is 5.92 Å². The first-order chi connectivity index (χ1) is 12.5. The lowest BCUT2D eigenvalue weighted by molar-refractivity contribution is 0.0374. The molecule has 0 radical (unpaired) electrons. The molecule has 1 fully saturated rings. The van der Waals surface area contributed by atoms with Gasteiger partial charge < -0.3 is 20.7 Å². The van der Waals surface area contributed by atoms with Gasteiger partial charge in [-0.15, -0.1) is 24.0 Å². The zero-order chi connectivity index (χ0) is 18.8. The van der Waals surface area contributed by atoms with E-state index in [4.69, 9.17) is 9.73 Å². The Bertz CT molecular complexity index is 544. The second kappa shape index (κ2) is 12.6. The third-order valence-electron chi connectivity index (χ3n) is 4.83. The molecule has 1 unspecified atom stereocenters. The van der Waals surface area contributed by atoms with Crippen LogP contribution in [0.1, 0.15) is 52.1 Å². The van der Waals surface area contributed by atoms with Gasteiger partial charge in [-0.2, -0.15) is 0 Å². The number of hydrogen-bond donors (Lipinski definition) is 3. The summed E-state index contributed by atoms with van der Waals surface area (Å²) >= 11 is 0. The normalized spacial score (nSPS) is 17.9. The molecule has 0 amide bonds. The van der Waals surface area contributed by atoms with E-state index in [9.17, 15) is 0 Å². The van der Waals surface area contributed by atoms with Crippen molar-refractivity contribution in [1.82, 2.24) is 16.0 Å². The van der Waals surface area contributed by atoms with Crippen molar-refractivity contribution >= 4 is 29.9 Å². The van der Waals surface area contributed by atoms with Crippen LogP contribution in [0.2, 0.25) is 0 Å². The molecule has 0 aromatic heterocycles. The highest BCUT2D eigenvalue weighted by Crippen LogP contribution is 2.26. The Kier molecular flexibility index (Phi) is 11.3. The number of nitrogens with one attached hydrogen (secondary N) is 3. The molecule has 5 nitrogen and oxygen atoms in total. The van der Waals surface area contributed by atoms with Crippen LogP contribution in [0, 0.1) is 5.92 Å². The molecule has 1 aromatic carbocycles. The Hall–Kier alpha value is -0.860. The fourth-order valence-corrected chi connectivity index (χ4v) is 3.27. The summed E-state index contributed by atoms with van der Waals surface area (Å²) in [5, 5.41) is 10.7. The number of guanidine groups is 1. The van der Waals surface area contributed by atoms with Crippen molar-refractivity contribution in [2.45, 2.75) is 52.1 Å². The Morgan fingerprint density at radius 1 is 1.11 bits per heavy atom. The van der Waals surface area contributed by atoms with Gasteiger partial charge in [0.1, 0.15) is 0 Å². The predicted molar refractivity (Wildman–Crippen MR) is 125 cm³/mol. The van der Waals surface area contributed by atoms with Crippen LogP contribution in [-0.2, 0) is 4.74 Å². The third kappa shape index (κ3) is 8.35. The molecule has 27 heavy (non-hydrogen) atoms. The lowest BCUT2D eigenvalue weighted by atomic mass is 9.88. The standard InChI is InChI=1S/C21H36N4O.HI/c1-5-22-20(23-15-17(2)3)24-16-21(11-13-26-14-12-21)25-18(4)19-9-7-6-8-10-19;/h6-10,17-18,25H,5,11-16H2,1-4H3,(H2,22,23,24);1H. The summed E-state index contributed by atoms with van der Waals surface area (Å²) in [6, 6.07) is 10.9. The van der Waals surface area contributed by atoms with E-state index in [-0.39, 0.29) is 35.6 Å². The van der Waals surface area contributed by atoms with Gasteiger partial charge in [-0.1, -0.05) is 44.2 Å². The number of rotatable bonds is 8. The molecular formula is C21H37IN4O. The van der Waals surface area contributed by atoms with Gasteiger partial charge in [-0.25, -0.2) is 0 Å². The van der Waals surface area contributed by atoms with E-state index in [1.54, 1.807) is 0 Å². The van der Waals surface area contributed by atoms with E-state index in [1.165, 1.54) is 5.56 Å². The van der Waals surface area contributed by atoms with E-state index >= 15 is 0 Å². The Balaban J connectivity index is 0.00000364. The number of benzene rings is 1. The number of halogens is 1. The van der Waals surface area contributed by atoms with Crippen LogP contribution in [0.5, 0.6) is 0 Å². The summed E-state index contributed by atoms with van der Waals surface area (Å²) in [5.74, 6) is 1.49. The van der Waals surface area contributed by atoms with Gasteiger partial charge in [-0.05, 0) is 38.2 Å². The molecular weight excluding hydrogens is 451 g/mol. The molecule has 154 valence electrons. The molecule has 6 heteroatoms. The van der Waals surface area contributed by atoms with Crippen molar-refractivity contribution in [3.8, 4) is 0 Å². The van der Waals surface area contributed by atoms with Gasteiger partial charge in [0.25, 0.3) is 0 Å². The highest BCUT2D eigenvalue weighted by molar-refractivity contribution is 14.0. The van der Waals surface area contributed by atoms with Gasteiger partial charge in [0.2, 0.25) is 0 Å². The molecule has 0 bridgehead atoms. The summed E-state index contributed by atoms with van der Waals surface area (Å²) in [6.07, 6.45) is 1.97. The first-order valence-corrected chi connectivity index (χ1v) is 9.97. The van der Waals surface area contributed by atoms with Crippen molar-refractivity contribution < 1.29 is 4.74 Å². The van der Waals surface area contributed by atoms with Crippen molar-refractivity contribution in [2.75, 3.05) is 32.8 Å². The summed E-state index contributed by atoms with van der Waals surface area (Å²) < 4.78 is 5.63. The van der Waals surface area contributed by atoms with Crippen LogP contribution in [0.4, 0.5) is 0 Å². The van der Waals surface area contributed by atoms with Gasteiger partial charge >= 0.3 is 0 Å². The molecule has 1 aromatic rings. The molecule has 0 aliphatic carbocycles. The summed E-state index contributed by atoms with van der Waals surface area (Å²) in [4.78, 5) is 4.90.